The molecule has 5 nitrogen and oxygen atoms in total. The van der Waals surface area contributed by atoms with Gasteiger partial charge >= 0.3 is 0 Å². The second-order valence-corrected chi connectivity index (χ2v) is 8.08. The number of aliphatic hydroxyl groups excluding tert-OH is 1. The first kappa shape index (κ1) is 16.7. The van der Waals surface area contributed by atoms with Gasteiger partial charge in [-0.25, -0.2) is 15.0 Å². The highest BCUT2D eigenvalue weighted by atomic mass is 32.1. The van der Waals surface area contributed by atoms with Crippen molar-refractivity contribution in [2.45, 2.75) is 58.4 Å². The monoisotopic (exact) mass is 356 g/mol. The summed E-state index contributed by atoms with van der Waals surface area (Å²) in [6, 6.07) is 0.00760. The molecule has 3 aromatic heterocycles. The third-order valence-corrected chi connectivity index (χ3v) is 6.18. The molecule has 3 heterocycles. The topological polar surface area (TPSA) is 70.9 Å². The second kappa shape index (κ2) is 6.50. The van der Waals surface area contributed by atoms with Gasteiger partial charge in [0, 0.05) is 11.1 Å². The van der Waals surface area contributed by atoms with E-state index in [9.17, 15) is 5.11 Å². The molecule has 25 heavy (non-hydrogen) atoms. The van der Waals surface area contributed by atoms with Crippen LogP contribution in [-0.4, -0.2) is 32.7 Å². The summed E-state index contributed by atoms with van der Waals surface area (Å²) in [7, 11) is 0. The predicted octanol–water partition coefficient (Wildman–Crippen LogP) is 4.03. The van der Waals surface area contributed by atoms with Crippen LogP contribution >= 0.6 is 11.3 Å². The minimum Gasteiger partial charge on any atom is -0.394 e. The number of fused-ring (bicyclic) bond motifs is 5. The fourth-order valence-corrected chi connectivity index (χ4v) is 4.90. The van der Waals surface area contributed by atoms with E-state index in [0.29, 0.717) is 5.92 Å². The van der Waals surface area contributed by atoms with Gasteiger partial charge in [-0.2, -0.15) is 0 Å². The van der Waals surface area contributed by atoms with Gasteiger partial charge in [-0.05, 0) is 42.7 Å². The summed E-state index contributed by atoms with van der Waals surface area (Å²) in [6.45, 7) is 6.60. The third kappa shape index (κ3) is 2.68. The summed E-state index contributed by atoms with van der Waals surface area (Å²) in [5.41, 5.74) is 5.14. The molecular weight excluding hydrogens is 332 g/mol. The highest BCUT2D eigenvalue weighted by molar-refractivity contribution is 7.26. The summed E-state index contributed by atoms with van der Waals surface area (Å²) >= 11 is 1.67. The van der Waals surface area contributed by atoms with Gasteiger partial charge in [0.1, 0.15) is 17.0 Å². The molecule has 3 aromatic rings. The Morgan fingerprint density at radius 3 is 2.76 bits per heavy atom. The van der Waals surface area contributed by atoms with Crippen LogP contribution in [0.1, 0.15) is 56.4 Å². The lowest BCUT2D eigenvalue weighted by Crippen LogP contribution is -2.23. The number of hydrogen-bond acceptors (Lipinski definition) is 6. The van der Waals surface area contributed by atoms with Crippen LogP contribution in [-0.2, 0) is 12.8 Å². The number of nitrogens with one attached hydrogen (secondary N) is 1. The van der Waals surface area contributed by atoms with E-state index < -0.39 is 0 Å². The molecule has 1 atom stereocenters. The third-order valence-electron chi connectivity index (χ3n) is 5.10. The SMILES string of the molecule is CC[C@H](CO)Nc1ncnc2c1sc1nc(C(C)C)c3c(c12)CCC3. The van der Waals surface area contributed by atoms with E-state index in [1.54, 1.807) is 17.7 Å². The zero-order valence-corrected chi connectivity index (χ0v) is 15.8. The molecule has 0 aliphatic heterocycles. The summed E-state index contributed by atoms with van der Waals surface area (Å²) < 4.78 is 1.05. The second-order valence-electron chi connectivity index (χ2n) is 7.08. The van der Waals surface area contributed by atoms with Gasteiger partial charge in [-0.3, -0.25) is 0 Å². The lowest BCUT2D eigenvalue weighted by molar-refractivity contribution is 0.271. The van der Waals surface area contributed by atoms with Crippen LogP contribution in [0.5, 0.6) is 0 Å². The number of aryl methyl sites for hydroxylation is 1. The maximum Gasteiger partial charge on any atom is 0.147 e. The van der Waals surface area contributed by atoms with Crippen LogP contribution in [0.3, 0.4) is 0 Å². The van der Waals surface area contributed by atoms with E-state index in [2.05, 4.69) is 36.1 Å². The summed E-state index contributed by atoms with van der Waals surface area (Å²) in [5.74, 6) is 1.25. The van der Waals surface area contributed by atoms with Gasteiger partial charge in [-0.15, -0.1) is 11.3 Å². The summed E-state index contributed by atoms with van der Waals surface area (Å²) in [6.07, 6.45) is 5.91. The quantitative estimate of drug-likeness (QED) is 0.722. The minimum atomic E-state index is 0.00760. The van der Waals surface area contributed by atoms with Crippen LogP contribution in [0.2, 0.25) is 0 Å². The Morgan fingerprint density at radius 2 is 2.04 bits per heavy atom. The first-order valence-electron chi connectivity index (χ1n) is 9.10. The zero-order chi connectivity index (χ0) is 17.6. The molecule has 2 N–H and O–H groups in total. The Kier molecular flexibility index (Phi) is 4.33. The predicted molar refractivity (Wildman–Crippen MR) is 104 cm³/mol. The molecular formula is C19H24N4OS. The van der Waals surface area contributed by atoms with Crippen molar-refractivity contribution in [2.24, 2.45) is 0 Å². The van der Waals surface area contributed by atoms with Crippen LogP contribution in [0, 0.1) is 0 Å². The molecule has 0 bridgehead atoms. The Morgan fingerprint density at radius 1 is 1.24 bits per heavy atom. The molecule has 0 unspecified atom stereocenters. The maximum atomic E-state index is 9.51. The number of hydrogen-bond donors (Lipinski definition) is 2. The first-order valence-corrected chi connectivity index (χ1v) is 9.91. The molecule has 0 radical (unpaired) electrons. The fraction of sp³-hybridized carbons (Fsp3) is 0.526. The maximum absolute atomic E-state index is 9.51. The van der Waals surface area contributed by atoms with E-state index >= 15 is 0 Å². The normalized spacial score (nSPS) is 15.2. The van der Waals surface area contributed by atoms with Crippen LogP contribution < -0.4 is 5.32 Å². The van der Waals surface area contributed by atoms with Crippen molar-refractivity contribution in [3.63, 3.8) is 0 Å². The van der Waals surface area contributed by atoms with E-state index in [1.807, 2.05) is 0 Å². The summed E-state index contributed by atoms with van der Waals surface area (Å²) in [4.78, 5) is 15.1. The van der Waals surface area contributed by atoms with Gasteiger partial charge < -0.3 is 10.4 Å². The molecule has 6 heteroatoms. The average Bonchev–Trinajstić information content (AvgIpc) is 3.22. The Bertz CT molecular complexity index is 930. The van der Waals surface area contributed by atoms with Crippen LogP contribution in [0.25, 0.3) is 20.4 Å². The van der Waals surface area contributed by atoms with E-state index in [1.165, 1.54) is 28.6 Å². The number of aliphatic hydroxyl groups is 1. The van der Waals surface area contributed by atoms with Gasteiger partial charge in [-0.1, -0.05) is 20.8 Å². The number of pyridine rings is 1. The van der Waals surface area contributed by atoms with Gasteiger partial charge in [0.05, 0.1) is 22.9 Å². The molecule has 0 fully saturated rings. The van der Waals surface area contributed by atoms with Crippen molar-refractivity contribution >= 4 is 37.6 Å². The molecule has 132 valence electrons. The van der Waals surface area contributed by atoms with Gasteiger partial charge in [0.25, 0.3) is 0 Å². The first-order chi connectivity index (χ1) is 12.1. The molecule has 4 rings (SSSR count). The lowest BCUT2D eigenvalue weighted by atomic mass is 9.99. The van der Waals surface area contributed by atoms with Gasteiger partial charge in [0.2, 0.25) is 0 Å². The molecule has 0 saturated heterocycles. The zero-order valence-electron chi connectivity index (χ0n) is 15.0. The van der Waals surface area contributed by atoms with Crippen LogP contribution in [0.15, 0.2) is 6.33 Å². The van der Waals surface area contributed by atoms with Crippen molar-refractivity contribution < 1.29 is 5.11 Å². The standard InChI is InChI=1S/C19H24N4OS/c1-4-11(8-24)22-18-17-16(20-9-21-18)14-12-6-5-7-13(12)15(10(2)3)23-19(14)25-17/h9-11,24H,4-8H2,1-3H3,(H,20,21,22)/t11-/m1/s1. The number of rotatable bonds is 5. The van der Waals surface area contributed by atoms with Crippen molar-refractivity contribution in [2.75, 3.05) is 11.9 Å². The Balaban J connectivity index is 1.96. The van der Waals surface area contributed by atoms with Crippen molar-refractivity contribution in [1.82, 2.24) is 15.0 Å². The molecule has 0 spiro atoms. The van der Waals surface area contributed by atoms with E-state index in [4.69, 9.17) is 4.98 Å². The average molecular weight is 356 g/mol. The Hall–Kier alpha value is -1.79. The lowest BCUT2D eigenvalue weighted by Gasteiger charge is -2.14. The number of anilines is 1. The highest BCUT2D eigenvalue weighted by Crippen LogP contribution is 2.42. The highest BCUT2D eigenvalue weighted by Gasteiger charge is 2.25. The molecule has 0 amide bonds. The molecule has 1 aliphatic carbocycles. The fourth-order valence-electron chi connectivity index (χ4n) is 3.78. The Labute approximate surface area is 151 Å². The minimum absolute atomic E-state index is 0.00760. The van der Waals surface area contributed by atoms with E-state index in [0.717, 1.165) is 40.1 Å². The number of aromatic nitrogens is 3. The van der Waals surface area contributed by atoms with Crippen molar-refractivity contribution in [3.8, 4) is 0 Å². The van der Waals surface area contributed by atoms with Crippen molar-refractivity contribution in [1.29, 1.82) is 0 Å². The van der Waals surface area contributed by atoms with Crippen LogP contribution in [0.4, 0.5) is 5.82 Å². The largest absolute Gasteiger partial charge is 0.394 e. The molecule has 0 saturated carbocycles. The summed E-state index contributed by atoms with van der Waals surface area (Å²) in [5, 5.41) is 14.1. The van der Waals surface area contributed by atoms with Crippen molar-refractivity contribution in [3.05, 3.63) is 23.1 Å². The molecule has 1 aliphatic rings. The van der Waals surface area contributed by atoms with Gasteiger partial charge in [0.15, 0.2) is 0 Å². The number of thiophene rings is 1. The van der Waals surface area contributed by atoms with E-state index in [-0.39, 0.29) is 12.6 Å². The smallest absolute Gasteiger partial charge is 0.147 e. The molecule has 0 aromatic carbocycles. The number of nitrogens with zero attached hydrogens (tertiary/aromatic N) is 3.